The molecule has 0 bridgehead atoms. The lowest BCUT2D eigenvalue weighted by atomic mass is 9.97. The Labute approximate surface area is 129 Å². The van der Waals surface area contributed by atoms with Crippen LogP contribution in [0.5, 0.6) is 0 Å². The Bertz CT molecular complexity index is 713. The zero-order valence-corrected chi connectivity index (χ0v) is 12.8. The van der Waals surface area contributed by atoms with E-state index >= 15 is 0 Å². The first kappa shape index (κ1) is 15.0. The van der Waals surface area contributed by atoms with E-state index in [1.165, 1.54) is 6.20 Å². The molecule has 0 amide bonds. The van der Waals surface area contributed by atoms with Crippen LogP contribution in [0.25, 0.3) is 5.82 Å². The summed E-state index contributed by atoms with van der Waals surface area (Å²) in [7, 11) is -3.61. The van der Waals surface area contributed by atoms with Gasteiger partial charge >= 0.3 is 0 Å². The molecule has 0 aliphatic heterocycles. The topological polar surface area (TPSA) is 97.1 Å². The number of hydrogen-bond acceptors (Lipinski definition) is 5. The van der Waals surface area contributed by atoms with Gasteiger partial charge in [0.05, 0.1) is 18.0 Å². The zero-order valence-electron chi connectivity index (χ0n) is 12.0. The quantitative estimate of drug-likeness (QED) is 0.884. The second-order valence-electron chi connectivity index (χ2n) is 5.39. The van der Waals surface area contributed by atoms with Crippen molar-refractivity contribution in [1.82, 2.24) is 14.8 Å². The van der Waals surface area contributed by atoms with E-state index in [1.54, 1.807) is 35.3 Å². The normalized spacial score (nSPS) is 22.4. The molecule has 0 unspecified atom stereocenters. The van der Waals surface area contributed by atoms with Crippen molar-refractivity contribution < 1.29 is 13.5 Å². The summed E-state index contributed by atoms with van der Waals surface area (Å²) in [5, 5.41) is 13.2. The molecule has 2 atom stereocenters. The van der Waals surface area contributed by atoms with Crippen LogP contribution in [0.2, 0.25) is 0 Å². The first-order valence-electron chi connectivity index (χ1n) is 7.22. The third-order valence-corrected chi connectivity index (χ3v) is 5.68. The van der Waals surface area contributed by atoms with Gasteiger partial charge in [0.15, 0.2) is 5.82 Å². The van der Waals surface area contributed by atoms with Crippen LogP contribution in [0.1, 0.15) is 25.7 Å². The molecule has 1 aliphatic rings. The second-order valence-corrected chi connectivity index (χ2v) is 7.29. The number of anilines is 1. The third-order valence-electron chi connectivity index (χ3n) is 3.81. The number of aromatic nitrogens is 3. The molecule has 7 nitrogen and oxygen atoms in total. The molecule has 2 aromatic rings. The number of nitrogens with zero attached hydrogens (tertiary/aromatic N) is 3. The summed E-state index contributed by atoms with van der Waals surface area (Å²) in [4.78, 5) is 4.18. The Morgan fingerprint density at radius 2 is 2.09 bits per heavy atom. The highest BCUT2D eigenvalue weighted by molar-refractivity contribution is 7.93. The number of rotatable bonds is 4. The van der Waals surface area contributed by atoms with E-state index < -0.39 is 21.4 Å². The van der Waals surface area contributed by atoms with E-state index in [0.717, 1.165) is 12.8 Å². The summed E-state index contributed by atoms with van der Waals surface area (Å²) >= 11 is 0. The maximum absolute atomic E-state index is 12.4. The van der Waals surface area contributed by atoms with Crippen molar-refractivity contribution in [3.8, 4) is 5.82 Å². The van der Waals surface area contributed by atoms with E-state index in [4.69, 9.17) is 0 Å². The molecular weight excluding hydrogens is 304 g/mol. The van der Waals surface area contributed by atoms with Crippen molar-refractivity contribution in [2.24, 2.45) is 0 Å². The Kier molecular flexibility index (Phi) is 4.12. The predicted octanol–water partition coefficient (Wildman–Crippen LogP) is 1.31. The van der Waals surface area contributed by atoms with E-state index in [0.29, 0.717) is 24.3 Å². The van der Waals surface area contributed by atoms with Crippen LogP contribution in [0.3, 0.4) is 0 Å². The molecule has 22 heavy (non-hydrogen) atoms. The van der Waals surface area contributed by atoms with Crippen LogP contribution in [0.4, 0.5) is 5.69 Å². The van der Waals surface area contributed by atoms with Gasteiger partial charge in [-0.05, 0) is 31.0 Å². The number of nitrogens with one attached hydrogen (secondary N) is 1. The van der Waals surface area contributed by atoms with E-state index in [9.17, 15) is 13.5 Å². The van der Waals surface area contributed by atoms with Gasteiger partial charge in [-0.2, -0.15) is 5.10 Å². The first-order chi connectivity index (χ1) is 10.6. The average Bonchev–Trinajstić information content (AvgIpc) is 3.02. The highest BCUT2D eigenvalue weighted by Crippen LogP contribution is 2.25. The van der Waals surface area contributed by atoms with Gasteiger partial charge in [-0.3, -0.25) is 4.72 Å². The molecule has 2 heterocycles. The molecule has 2 N–H and O–H groups in total. The third kappa shape index (κ3) is 3.12. The predicted molar refractivity (Wildman–Crippen MR) is 82.2 cm³/mol. The van der Waals surface area contributed by atoms with Gasteiger partial charge in [-0.25, -0.2) is 18.1 Å². The summed E-state index contributed by atoms with van der Waals surface area (Å²) < 4.78 is 28.8. The highest BCUT2D eigenvalue weighted by Gasteiger charge is 2.34. The van der Waals surface area contributed by atoms with Crippen LogP contribution in [0.15, 0.2) is 36.8 Å². The summed E-state index contributed by atoms with van der Waals surface area (Å²) in [6, 6.07) is 5.10. The maximum Gasteiger partial charge on any atom is 0.238 e. The molecule has 1 aliphatic carbocycles. The molecular formula is C14H18N4O3S. The minimum atomic E-state index is -3.61. The van der Waals surface area contributed by atoms with Crippen LogP contribution >= 0.6 is 0 Å². The monoisotopic (exact) mass is 322 g/mol. The van der Waals surface area contributed by atoms with Gasteiger partial charge in [0.25, 0.3) is 0 Å². The molecule has 1 fully saturated rings. The fraction of sp³-hybridized carbons (Fsp3) is 0.429. The number of sulfonamides is 1. The lowest BCUT2D eigenvalue weighted by Crippen LogP contribution is -2.40. The SMILES string of the molecule is O=S(=O)(Nc1ccc(-n2cccn2)nc1)[C@@H]1CCCC[C@@H]1O. The highest BCUT2D eigenvalue weighted by atomic mass is 32.2. The van der Waals surface area contributed by atoms with Crippen molar-refractivity contribution >= 4 is 15.7 Å². The van der Waals surface area contributed by atoms with Gasteiger partial charge in [0, 0.05) is 12.4 Å². The summed E-state index contributed by atoms with van der Waals surface area (Å²) in [6.45, 7) is 0. The largest absolute Gasteiger partial charge is 0.392 e. The standard InChI is InChI=1S/C14H18N4O3S/c19-12-4-1-2-5-13(12)22(20,21)17-11-6-7-14(15-10-11)18-9-3-8-16-18/h3,6-10,12-13,17,19H,1-2,4-5H2/t12-,13+/m0/s1. The number of aliphatic hydroxyl groups is 1. The van der Waals surface area contributed by atoms with Crippen molar-refractivity contribution in [1.29, 1.82) is 0 Å². The fourth-order valence-electron chi connectivity index (χ4n) is 2.67. The molecule has 0 saturated heterocycles. The van der Waals surface area contributed by atoms with Crippen LogP contribution in [-0.4, -0.2) is 39.6 Å². The summed E-state index contributed by atoms with van der Waals surface area (Å²) in [5.74, 6) is 0.602. The zero-order chi connectivity index (χ0) is 15.6. The Morgan fingerprint density at radius 3 is 2.73 bits per heavy atom. The summed E-state index contributed by atoms with van der Waals surface area (Å²) in [5.41, 5.74) is 0.383. The molecule has 1 saturated carbocycles. The Hall–Kier alpha value is -1.93. The second kappa shape index (κ2) is 6.05. The van der Waals surface area contributed by atoms with Crippen molar-refractivity contribution in [2.45, 2.75) is 37.0 Å². The number of pyridine rings is 1. The van der Waals surface area contributed by atoms with Crippen LogP contribution in [0, 0.1) is 0 Å². The lowest BCUT2D eigenvalue weighted by molar-refractivity contribution is 0.133. The molecule has 118 valence electrons. The minimum absolute atomic E-state index is 0.383. The molecule has 0 radical (unpaired) electrons. The number of hydrogen-bond donors (Lipinski definition) is 2. The molecule has 0 spiro atoms. The Balaban J connectivity index is 1.75. The molecule has 3 rings (SSSR count). The lowest BCUT2D eigenvalue weighted by Gasteiger charge is -2.27. The summed E-state index contributed by atoms with van der Waals surface area (Å²) in [6.07, 6.45) is 6.74. The molecule has 8 heteroatoms. The smallest absolute Gasteiger partial charge is 0.238 e. The van der Waals surface area contributed by atoms with Gasteiger partial charge in [0.2, 0.25) is 10.0 Å². The maximum atomic E-state index is 12.4. The van der Waals surface area contributed by atoms with Gasteiger partial charge in [-0.1, -0.05) is 12.8 Å². The van der Waals surface area contributed by atoms with Crippen molar-refractivity contribution in [3.63, 3.8) is 0 Å². The van der Waals surface area contributed by atoms with Crippen LogP contribution in [-0.2, 0) is 10.0 Å². The van der Waals surface area contributed by atoms with Gasteiger partial charge < -0.3 is 5.11 Å². The van der Waals surface area contributed by atoms with Crippen molar-refractivity contribution in [3.05, 3.63) is 36.8 Å². The minimum Gasteiger partial charge on any atom is -0.392 e. The van der Waals surface area contributed by atoms with Gasteiger partial charge in [0.1, 0.15) is 5.25 Å². The Morgan fingerprint density at radius 1 is 1.27 bits per heavy atom. The van der Waals surface area contributed by atoms with E-state index in [1.807, 2.05) is 0 Å². The van der Waals surface area contributed by atoms with E-state index in [2.05, 4.69) is 14.8 Å². The molecule has 2 aromatic heterocycles. The van der Waals surface area contributed by atoms with Crippen LogP contribution < -0.4 is 4.72 Å². The first-order valence-corrected chi connectivity index (χ1v) is 8.77. The van der Waals surface area contributed by atoms with E-state index in [-0.39, 0.29) is 0 Å². The van der Waals surface area contributed by atoms with Crippen molar-refractivity contribution in [2.75, 3.05) is 4.72 Å². The number of aliphatic hydroxyl groups excluding tert-OH is 1. The van der Waals surface area contributed by atoms with Gasteiger partial charge in [-0.15, -0.1) is 0 Å². The average molecular weight is 322 g/mol. The molecule has 0 aromatic carbocycles. The fourth-order valence-corrected chi connectivity index (χ4v) is 4.29.